The van der Waals surface area contributed by atoms with Gasteiger partial charge >= 0.3 is 0 Å². The lowest BCUT2D eigenvalue weighted by molar-refractivity contribution is 0.185. The Morgan fingerprint density at radius 3 is 3.08 bits per heavy atom. The Hall–Kier alpha value is -1.35. The maximum Gasteiger partial charge on any atom is 0.0927 e. The van der Waals surface area contributed by atoms with Crippen molar-refractivity contribution in [3.05, 3.63) is 29.5 Å². The summed E-state index contributed by atoms with van der Waals surface area (Å²) in [5.74, 6) is 0. The van der Waals surface area contributed by atoms with Crippen molar-refractivity contribution in [2.75, 3.05) is 7.11 Å². The number of benzene rings is 1. The zero-order valence-electron chi connectivity index (χ0n) is 7.79. The highest BCUT2D eigenvalue weighted by Crippen LogP contribution is 2.16. The molecule has 0 saturated carbocycles. The Balaban J connectivity index is 2.50. The van der Waals surface area contributed by atoms with Crippen molar-refractivity contribution in [1.29, 1.82) is 0 Å². The first-order valence-electron chi connectivity index (χ1n) is 4.24. The van der Waals surface area contributed by atoms with E-state index in [0.717, 1.165) is 16.8 Å². The minimum Gasteiger partial charge on any atom is -0.380 e. The number of ether oxygens (including phenoxy) is 1. The van der Waals surface area contributed by atoms with Crippen LogP contribution in [0.4, 0.5) is 0 Å². The van der Waals surface area contributed by atoms with Crippen molar-refractivity contribution < 1.29 is 4.74 Å². The van der Waals surface area contributed by atoms with Crippen molar-refractivity contribution in [3.8, 4) is 0 Å². The van der Waals surface area contributed by atoms with Gasteiger partial charge in [0.05, 0.1) is 12.1 Å². The van der Waals surface area contributed by atoms with Crippen LogP contribution in [-0.4, -0.2) is 17.3 Å². The van der Waals surface area contributed by atoms with Gasteiger partial charge in [0.1, 0.15) is 0 Å². The van der Waals surface area contributed by atoms with Gasteiger partial charge in [0.2, 0.25) is 0 Å². The van der Waals surface area contributed by atoms with Gasteiger partial charge in [-0.15, -0.1) is 0 Å². The third kappa shape index (κ3) is 1.42. The Kier molecular flexibility index (Phi) is 2.02. The molecule has 3 nitrogen and oxygen atoms in total. The van der Waals surface area contributed by atoms with Crippen LogP contribution in [0.5, 0.6) is 0 Å². The van der Waals surface area contributed by atoms with Crippen LogP contribution >= 0.6 is 0 Å². The first-order valence-corrected chi connectivity index (χ1v) is 4.24. The summed E-state index contributed by atoms with van der Waals surface area (Å²) in [5.41, 5.74) is 3.27. The van der Waals surface area contributed by atoms with Crippen molar-refractivity contribution in [3.63, 3.8) is 0 Å². The van der Waals surface area contributed by atoms with Crippen LogP contribution in [0.3, 0.4) is 0 Å². The van der Waals surface area contributed by atoms with E-state index in [2.05, 4.69) is 22.3 Å². The minimum absolute atomic E-state index is 0.641. The van der Waals surface area contributed by atoms with Crippen molar-refractivity contribution in [2.24, 2.45) is 0 Å². The quantitative estimate of drug-likeness (QED) is 0.760. The molecular weight excluding hydrogens is 164 g/mol. The molecule has 3 heteroatoms. The van der Waals surface area contributed by atoms with Gasteiger partial charge in [-0.25, -0.2) is 0 Å². The number of methoxy groups -OCH3 is 1. The molecule has 0 amide bonds. The molecule has 1 aromatic carbocycles. The van der Waals surface area contributed by atoms with E-state index in [1.54, 1.807) is 7.11 Å². The van der Waals surface area contributed by atoms with Crippen LogP contribution in [0.15, 0.2) is 18.2 Å². The molecule has 1 N–H and O–H groups in total. The smallest absolute Gasteiger partial charge is 0.0927 e. The number of fused-ring (bicyclic) bond motifs is 1. The molecule has 13 heavy (non-hydrogen) atoms. The molecule has 0 unspecified atom stereocenters. The van der Waals surface area contributed by atoms with Crippen molar-refractivity contribution in [1.82, 2.24) is 10.2 Å². The first kappa shape index (κ1) is 8.26. The highest BCUT2D eigenvalue weighted by molar-refractivity contribution is 5.81. The summed E-state index contributed by atoms with van der Waals surface area (Å²) in [6, 6.07) is 6.18. The van der Waals surface area contributed by atoms with E-state index in [4.69, 9.17) is 4.74 Å². The van der Waals surface area contributed by atoms with Crippen LogP contribution in [0, 0.1) is 6.92 Å². The van der Waals surface area contributed by atoms with E-state index in [9.17, 15) is 0 Å². The summed E-state index contributed by atoms with van der Waals surface area (Å²) in [7, 11) is 1.69. The van der Waals surface area contributed by atoms with E-state index in [1.165, 1.54) is 5.39 Å². The van der Waals surface area contributed by atoms with Gasteiger partial charge in [-0.2, -0.15) is 5.10 Å². The number of aromatic nitrogens is 2. The largest absolute Gasteiger partial charge is 0.380 e. The second-order valence-corrected chi connectivity index (χ2v) is 3.13. The van der Waals surface area contributed by atoms with Crippen LogP contribution in [0.25, 0.3) is 10.9 Å². The van der Waals surface area contributed by atoms with Gasteiger partial charge < -0.3 is 4.74 Å². The Labute approximate surface area is 76.7 Å². The van der Waals surface area contributed by atoms with Crippen molar-refractivity contribution in [2.45, 2.75) is 13.5 Å². The molecule has 0 fully saturated rings. The molecule has 2 aromatic rings. The van der Waals surface area contributed by atoms with E-state index in [1.807, 2.05) is 13.0 Å². The summed E-state index contributed by atoms with van der Waals surface area (Å²) >= 11 is 0. The molecule has 1 aromatic heterocycles. The molecule has 1 heterocycles. The second kappa shape index (κ2) is 3.18. The highest BCUT2D eigenvalue weighted by Gasteiger charge is 2.01. The average Bonchev–Trinajstić information content (AvgIpc) is 2.48. The van der Waals surface area contributed by atoms with Gasteiger partial charge in [0, 0.05) is 18.2 Å². The maximum absolute atomic E-state index is 5.05. The number of rotatable bonds is 2. The zero-order chi connectivity index (χ0) is 9.26. The summed E-state index contributed by atoms with van der Waals surface area (Å²) in [6.07, 6.45) is 0. The van der Waals surface area contributed by atoms with Crippen LogP contribution in [-0.2, 0) is 11.3 Å². The molecule has 0 aliphatic carbocycles. The van der Waals surface area contributed by atoms with Gasteiger partial charge in [-0.05, 0) is 18.6 Å². The second-order valence-electron chi connectivity index (χ2n) is 3.13. The first-order chi connectivity index (χ1) is 6.31. The lowest BCUT2D eigenvalue weighted by atomic mass is 10.1. The Bertz CT molecular complexity index is 420. The predicted octanol–water partition coefficient (Wildman–Crippen LogP) is 2.02. The number of aryl methyl sites for hydroxylation is 1. The molecule has 0 aliphatic rings. The van der Waals surface area contributed by atoms with Crippen LogP contribution < -0.4 is 0 Å². The number of nitrogens with one attached hydrogen (secondary N) is 1. The molecule has 0 atom stereocenters. The van der Waals surface area contributed by atoms with Gasteiger partial charge in [0.15, 0.2) is 0 Å². The van der Waals surface area contributed by atoms with Crippen LogP contribution in [0.1, 0.15) is 11.3 Å². The third-order valence-electron chi connectivity index (χ3n) is 2.12. The van der Waals surface area contributed by atoms with Gasteiger partial charge in [-0.1, -0.05) is 12.1 Å². The standard InChI is InChI=1S/C10H12N2O/c1-7-9-4-3-8(6-13-2)5-10(9)12-11-7/h3-5H,6H2,1-2H3,(H,11,12). The minimum atomic E-state index is 0.641. The molecule has 0 saturated heterocycles. The summed E-state index contributed by atoms with van der Waals surface area (Å²) in [5, 5.41) is 8.32. The number of hydrogen-bond acceptors (Lipinski definition) is 2. The SMILES string of the molecule is COCc1ccc2c(C)[nH]nc2c1. The lowest BCUT2D eigenvalue weighted by Crippen LogP contribution is -1.86. The van der Waals surface area contributed by atoms with E-state index >= 15 is 0 Å². The van der Waals surface area contributed by atoms with E-state index < -0.39 is 0 Å². The topological polar surface area (TPSA) is 37.9 Å². The molecule has 2 rings (SSSR count). The Morgan fingerprint density at radius 1 is 1.46 bits per heavy atom. The fourth-order valence-electron chi connectivity index (χ4n) is 1.45. The molecule has 0 bridgehead atoms. The average molecular weight is 176 g/mol. The van der Waals surface area contributed by atoms with E-state index in [-0.39, 0.29) is 0 Å². The lowest BCUT2D eigenvalue weighted by Gasteiger charge is -1.98. The third-order valence-corrected chi connectivity index (χ3v) is 2.12. The molecule has 0 radical (unpaired) electrons. The number of nitrogens with zero attached hydrogens (tertiary/aromatic N) is 1. The summed E-state index contributed by atoms with van der Waals surface area (Å²) in [6.45, 7) is 2.66. The fourth-order valence-corrected chi connectivity index (χ4v) is 1.45. The number of aromatic amines is 1. The molecule has 0 aliphatic heterocycles. The molecule has 0 spiro atoms. The predicted molar refractivity (Wildman–Crippen MR) is 51.5 cm³/mol. The van der Waals surface area contributed by atoms with Crippen LogP contribution in [0.2, 0.25) is 0 Å². The maximum atomic E-state index is 5.05. The molecular formula is C10H12N2O. The molecule has 68 valence electrons. The van der Waals surface area contributed by atoms with E-state index in [0.29, 0.717) is 6.61 Å². The number of hydrogen-bond donors (Lipinski definition) is 1. The Morgan fingerprint density at radius 2 is 2.31 bits per heavy atom. The zero-order valence-corrected chi connectivity index (χ0v) is 7.79. The summed E-state index contributed by atoms with van der Waals surface area (Å²) in [4.78, 5) is 0. The van der Waals surface area contributed by atoms with Crippen molar-refractivity contribution >= 4 is 10.9 Å². The fraction of sp³-hybridized carbons (Fsp3) is 0.300. The van der Waals surface area contributed by atoms with Gasteiger partial charge in [-0.3, -0.25) is 5.10 Å². The number of H-pyrrole nitrogens is 1. The van der Waals surface area contributed by atoms with Gasteiger partial charge in [0.25, 0.3) is 0 Å². The summed E-state index contributed by atoms with van der Waals surface area (Å²) < 4.78 is 5.05. The monoisotopic (exact) mass is 176 g/mol. The normalized spacial score (nSPS) is 10.9. The highest BCUT2D eigenvalue weighted by atomic mass is 16.5.